The molecule has 0 bridgehead atoms. The first-order chi connectivity index (χ1) is 9.58. The van der Waals surface area contributed by atoms with Crippen molar-refractivity contribution in [3.05, 3.63) is 53.6 Å². The van der Waals surface area contributed by atoms with E-state index in [2.05, 4.69) is 0 Å². The lowest BCUT2D eigenvalue weighted by Crippen LogP contribution is -2.06. The molecule has 0 amide bonds. The zero-order valence-electron chi connectivity index (χ0n) is 11.1. The van der Waals surface area contributed by atoms with E-state index in [1.54, 1.807) is 19.2 Å². The van der Waals surface area contributed by atoms with Gasteiger partial charge >= 0.3 is 5.97 Å². The maximum atomic E-state index is 11.9. The number of nitrogen functional groups attached to an aromatic ring is 2. The van der Waals surface area contributed by atoms with Crippen molar-refractivity contribution in [2.75, 3.05) is 18.6 Å². The van der Waals surface area contributed by atoms with Gasteiger partial charge in [-0.15, -0.1) is 0 Å². The van der Waals surface area contributed by atoms with Crippen LogP contribution >= 0.6 is 0 Å². The van der Waals surface area contributed by atoms with Crippen molar-refractivity contribution in [1.82, 2.24) is 0 Å². The fraction of sp³-hybridized carbons (Fsp3) is 0.133. The van der Waals surface area contributed by atoms with Gasteiger partial charge in [-0.05, 0) is 35.9 Å². The Kier molecular flexibility index (Phi) is 4.10. The summed E-state index contributed by atoms with van der Waals surface area (Å²) in [5, 5.41) is 0. The van der Waals surface area contributed by atoms with E-state index in [1.165, 1.54) is 12.1 Å². The highest BCUT2D eigenvalue weighted by molar-refractivity contribution is 5.91. The number of rotatable bonds is 4. The van der Waals surface area contributed by atoms with Crippen LogP contribution in [0, 0.1) is 0 Å². The average molecular weight is 272 g/mol. The van der Waals surface area contributed by atoms with Crippen LogP contribution in [0.25, 0.3) is 0 Å². The Morgan fingerprint density at radius 3 is 2.45 bits per heavy atom. The van der Waals surface area contributed by atoms with Crippen LogP contribution in [-0.2, 0) is 11.3 Å². The molecule has 20 heavy (non-hydrogen) atoms. The molecule has 2 rings (SSSR count). The van der Waals surface area contributed by atoms with E-state index in [9.17, 15) is 4.79 Å². The van der Waals surface area contributed by atoms with Gasteiger partial charge in [0.25, 0.3) is 0 Å². The monoisotopic (exact) mass is 272 g/mol. The maximum Gasteiger partial charge on any atom is 0.338 e. The Hall–Kier alpha value is -2.69. The summed E-state index contributed by atoms with van der Waals surface area (Å²) in [5.74, 6) is 0.249. The Bertz CT molecular complexity index is 606. The predicted molar refractivity (Wildman–Crippen MR) is 77.4 cm³/mol. The molecule has 0 fully saturated rings. The second kappa shape index (κ2) is 5.97. The Labute approximate surface area is 117 Å². The Morgan fingerprint density at radius 1 is 1.10 bits per heavy atom. The van der Waals surface area contributed by atoms with Crippen LogP contribution in [0.15, 0.2) is 42.5 Å². The van der Waals surface area contributed by atoms with Gasteiger partial charge in [-0.1, -0.05) is 12.1 Å². The van der Waals surface area contributed by atoms with Gasteiger partial charge in [-0.25, -0.2) is 4.79 Å². The SMILES string of the molecule is COc1cccc(COC(=O)c2cc(N)cc(N)c2)c1. The van der Waals surface area contributed by atoms with E-state index in [0.717, 1.165) is 5.56 Å². The van der Waals surface area contributed by atoms with Crippen molar-refractivity contribution < 1.29 is 14.3 Å². The highest BCUT2D eigenvalue weighted by Crippen LogP contribution is 2.17. The fourth-order valence-electron chi connectivity index (χ4n) is 1.79. The molecule has 0 aliphatic carbocycles. The number of benzene rings is 2. The first kappa shape index (κ1) is 13.7. The summed E-state index contributed by atoms with van der Waals surface area (Å²) in [6.07, 6.45) is 0. The third kappa shape index (κ3) is 3.41. The molecule has 4 N–H and O–H groups in total. The summed E-state index contributed by atoms with van der Waals surface area (Å²) in [4.78, 5) is 11.9. The molecule has 0 aliphatic rings. The van der Waals surface area contributed by atoms with E-state index in [-0.39, 0.29) is 6.61 Å². The van der Waals surface area contributed by atoms with Crippen LogP contribution in [0.4, 0.5) is 11.4 Å². The molecule has 0 unspecified atom stereocenters. The minimum atomic E-state index is -0.466. The molecule has 0 spiro atoms. The summed E-state index contributed by atoms with van der Waals surface area (Å²) in [5.41, 5.74) is 13.3. The van der Waals surface area contributed by atoms with E-state index < -0.39 is 5.97 Å². The van der Waals surface area contributed by atoms with Crippen LogP contribution in [0.1, 0.15) is 15.9 Å². The van der Waals surface area contributed by atoms with Crippen LogP contribution in [-0.4, -0.2) is 13.1 Å². The molecule has 0 aromatic heterocycles. The quantitative estimate of drug-likeness (QED) is 0.658. The molecule has 0 radical (unpaired) electrons. The van der Waals surface area contributed by atoms with Gasteiger partial charge in [0.05, 0.1) is 12.7 Å². The van der Waals surface area contributed by atoms with E-state index in [4.69, 9.17) is 20.9 Å². The molecular weight excluding hydrogens is 256 g/mol. The minimum absolute atomic E-state index is 0.157. The third-order valence-corrected chi connectivity index (χ3v) is 2.72. The zero-order chi connectivity index (χ0) is 14.5. The van der Waals surface area contributed by atoms with Gasteiger partial charge in [-0.3, -0.25) is 0 Å². The Balaban J connectivity index is 2.04. The molecule has 0 heterocycles. The lowest BCUT2D eigenvalue weighted by atomic mass is 10.2. The summed E-state index contributed by atoms with van der Waals surface area (Å²) in [7, 11) is 1.58. The topological polar surface area (TPSA) is 87.6 Å². The van der Waals surface area contributed by atoms with E-state index >= 15 is 0 Å². The number of carbonyl (C=O) groups is 1. The number of esters is 1. The van der Waals surface area contributed by atoms with Crippen molar-refractivity contribution in [2.24, 2.45) is 0 Å². The first-order valence-electron chi connectivity index (χ1n) is 6.04. The second-order valence-corrected chi connectivity index (χ2v) is 4.32. The predicted octanol–water partition coefficient (Wildman–Crippen LogP) is 2.22. The van der Waals surface area contributed by atoms with E-state index in [0.29, 0.717) is 22.7 Å². The summed E-state index contributed by atoms with van der Waals surface area (Å²) in [6, 6.07) is 12.0. The van der Waals surface area contributed by atoms with Crippen molar-refractivity contribution >= 4 is 17.3 Å². The standard InChI is InChI=1S/C15H16N2O3/c1-19-14-4-2-3-10(5-14)9-20-15(18)11-6-12(16)8-13(17)7-11/h2-8H,9,16-17H2,1H3. The lowest BCUT2D eigenvalue weighted by Gasteiger charge is -2.07. The van der Waals surface area contributed by atoms with Crippen molar-refractivity contribution in [3.8, 4) is 5.75 Å². The van der Waals surface area contributed by atoms with Gasteiger partial charge in [0.15, 0.2) is 0 Å². The highest BCUT2D eigenvalue weighted by Gasteiger charge is 2.09. The van der Waals surface area contributed by atoms with E-state index in [1.807, 2.05) is 18.2 Å². The van der Waals surface area contributed by atoms with Crippen molar-refractivity contribution in [3.63, 3.8) is 0 Å². The van der Waals surface area contributed by atoms with Gasteiger partial charge < -0.3 is 20.9 Å². The molecular formula is C15H16N2O3. The van der Waals surface area contributed by atoms with Crippen LogP contribution in [0.3, 0.4) is 0 Å². The normalized spacial score (nSPS) is 10.1. The largest absolute Gasteiger partial charge is 0.497 e. The number of methoxy groups -OCH3 is 1. The summed E-state index contributed by atoms with van der Waals surface area (Å²) < 4.78 is 10.3. The zero-order valence-corrected chi connectivity index (χ0v) is 11.1. The van der Waals surface area contributed by atoms with Crippen LogP contribution in [0.2, 0.25) is 0 Å². The molecule has 2 aromatic rings. The number of ether oxygens (including phenoxy) is 2. The molecule has 0 saturated carbocycles. The average Bonchev–Trinajstić information content (AvgIpc) is 2.44. The molecule has 0 atom stereocenters. The first-order valence-corrected chi connectivity index (χ1v) is 6.04. The number of hydrogen-bond acceptors (Lipinski definition) is 5. The van der Waals surface area contributed by atoms with Gasteiger partial charge in [0, 0.05) is 11.4 Å². The molecule has 2 aromatic carbocycles. The second-order valence-electron chi connectivity index (χ2n) is 4.32. The van der Waals surface area contributed by atoms with Crippen LogP contribution in [0.5, 0.6) is 5.75 Å². The highest BCUT2D eigenvalue weighted by atomic mass is 16.5. The summed E-state index contributed by atoms with van der Waals surface area (Å²) in [6.45, 7) is 0.157. The molecule has 5 nitrogen and oxygen atoms in total. The molecule has 0 saturated heterocycles. The van der Waals surface area contributed by atoms with Gasteiger partial charge in [-0.2, -0.15) is 0 Å². The van der Waals surface area contributed by atoms with Crippen molar-refractivity contribution in [2.45, 2.75) is 6.61 Å². The number of anilines is 2. The number of nitrogens with two attached hydrogens (primary N) is 2. The molecule has 5 heteroatoms. The maximum absolute atomic E-state index is 11.9. The fourth-order valence-corrected chi connectivity index (χ4v) is 1.79. The molecule has 104 valence electrons. The van der Waals surface area contributed by atoms with Crippen molar-refractivity contribution in [1.29, 1.82) is 0 Å². The van der Waals surface area contributed by atoms with Crippen LogP contribution < -0.4 is 16.2 Å². The lowest BCUT2D eigenvalue weighted by molar-refractivity contribution is 0.0472. The molecule has 0 aliphatic heterocycles. The van der Waals surface area contributed by atoms with Gasteiger partial charge in [0.1, 0.15) is 12.4 Å². The number of hydrogen-bond donors (Lipinski definition) is 2. The third-order valence-electron chi connectivity index (χ3n) is 2.72. The minimum Gasteiger partial charge on any atom is -0.497 e. The number of carbonyl (C=O) groups excluding carboxylic acids is 1. The van der Waals surface area contributed by atoms with Gasteiger partial charge in [0.2, 0.25) is 0 Å². The Morgan fingerprint density at radius 2 is 1.80 bits per heavy atom. The smallest absolute Gasteiger partial charge is 0.338 e. The summed E-state index contributed by atoms with van der Waals surface area (Å²) >= 11 is 0.